The highest BCUT2D eigenvalue weighted by Crippen LogP contribution is 2.25. The van der Waals surface area contributed by atoms with Crippen LogP contribution in [0.2, 0.25) is 0 Å². The third-order valence-corrected chi connectivity index (χ3v) is 3.68. The number of nitrogens with one attached hydrogen (secondary N) is 1. The minimum absolute atomic E-state index is 0.652. The average Bonchev–Trinajstić information content (AvgIpc) is 2.46. The minimum Gasteiger partial charge on any atom is -0.382 e. The van der Waals surface area contributed by atoms with Gasteiger partial charge in [-0.25, -0.2) is 0 Å². The van der Waals surface area contributed by atoms with Crippen LogP contribution in [0, 0.1) is 5.92 Å². The van der Waals surface area contributed by atoms with Gasteiger partial charge in [0.1, 0.15) is 0 Å². The third kappa shape index (κ3) is 10.3. The lowest BCUT2D eigenvalue weighted by atomic mass is 9.87. The van der Waals surface area contributed by atoms with Crippen molar-refractivity contribution in [3.05, 3.63) is 0 Å². The second-order valence-corrected chi connectivity index (χ2v) is 5.26. The highest BCUT2D eigenvalue weighted by molar-refractivity contribution is 4.66. The number of hydrogen-bond donors (Lipinski definition) is 1. The van der Waals surface area contributed by atoms with Crippen molar-refractivity contribution in [2.45, 2.75) is 38.5 Å². The fourth-order valence-electron chi connectivity index (χ4n) is 2.52. The topological polar surface area (TPSA) is 39.7 Å². The van der Waals surface area contributed by atoms with E-state index in [1.807, 2.05) is 0 Å². The van der Waals surface area contributed by atoms with E-state index in [4.69, 9.17) is 14.2 Å². The number of methoxy groups -OCH3 is 1. The van der Waals surface area contributed by atoms with Gasteiger partial charge in [0, 0.05) is 13.7 Å². The monoisotopic (exact) mass is 273 g/mol. The average molecular weight is 273 g/mol. The Hall–Kier alpha value is -0.160. The SMILES string of the molecule is COCCOCCOCCNCCC1CCCCC1. The zero-order valence-electron chi connectivity index (χ0n) is 12.5. The van der Waals surface area contributed by atoms with E-state index < -0.39 is 0 Å². The summed E-state index contributed by atoms with van der Waals surface area (Å²) in [5.41, 5.74) is 0. The quantitative estimate of drug-likeness (QED) is 0.554. The van der Waals surface area contributed by atoms with Crippen LogP contribution in [0.15, 0.2) is 0 Å². The van der Waals surface area contributed by atoms with Gasteiger partial charge in [0.25, 0.3) is 0 Å². The van der Waals surface area contributed by atoms with Crippen LogP contribution in [0.25, 0.3) is 0 Å². The molecule has 1 fully saturated rings. The molecule has 4 nitrogen and oxygen atoms in total. The van der Waals surface area contributed by atoms with Gasteiger partial charge < -0.3 is 19.5 Å². The summed E-state index contributed by atoms with van der Waals surface area (Å²) >= 11 is 0. The Morgan fingerprint density at radius 1 is 0.842 bits per heavy atom. The van der Waals surface area contributed by atoms with Gasteiger partial charge in [-0.2, -0.15) is 0 Å². The molecule has 1 aliphatic rings. The molecular formula is C15H31NO3. The van der Waals surface area contributed by atoms with E-state index in [0.717, 1.165) is 25.6 Å². The molecule has 0 bridgehead atoms. The lowest BCUT2D eigenvalue weighted by Crippen LogP contribution is -2.24. The van der Waals surface area contributed by atoms with Gasteiger partial charge in [-0.3, -0.25) is 0 Å². The van der Waals surface area contributed by atoms with Gasteiger partial charge in [0.05, 0.1) is 33.0 Å². The summed E-state index contributed by atoms with van der Waals surface area (Å²) in [5.74, 6) is 0.969. The van der Waals surface area contributed by atoms with Gasteiger partial charge in [-0.1, -0.05) is 32.1 Å². The van der Waals surface area contributed by atoms with E-state index in [1.54, 1.807) is 7.11 Å². The van der Waals surface area contributed by atoms with Crippen molar-refractivity contribution in [3.8, 4) is 0 Å². The van der Waals surface area contributed by atoms with Crippen LogP contribution in [0.4, 0.5) is 0 Å². The maximum atomic E-state index is 5.48. The second kappa shape index (κ2) is 12.9. The second-order valence-electron chi connectivity index (χ2n) is 5.26. The first-order valence-corrected chi connectivity index (χ1v) is 7.78. The number of hydrogen-bond acceptors (Lipinski definition) is 4. The molecular weight excluding hydrogens is 242 g/mol. The Kier molecular flexibility index (Phi) is 11.4. The molecule has 1 rings (SSSR count). The molecule has 0 aromatic carbocycles. The van der Waals surface area contributed by atoms with E-state index in [1.165, 1.54) is 38.5 Å². The molecule has 0 spiro atoms. The van der Waals surface area contributed by atoms with Gasteiger partial charge in [0.15, 0.2) is 0 Å². The molecule has 0 aliphatic heterocycles. The molecule has 0 aromatic heterocycles. The zero-order chi connectivity index (χ0) is 13.6. The van der Waals surface area contributed by atoms with Crippen LogP contribution < -0.4 is 5.32 Å². The molecule has 1 aliphatic carbocycles. The Bertz CT molecular complexity index is 184. The zero-order valence-corrected chi connectivity index (χ0v) is 12.5. The van der Waals surface area contributed by atoms with E-state index in [9.17, 15) is 0 Å². The molecule has 1 saturated carbocycles. The predicted molar refractivity (Wildman–Crippen MR) is 77.6 cm³/mol. The minimum atomic E-state index is 0.652. The molecule has 4 heteroatoms. The normalized spacial score (nSPS) is 16.9. The van der Waals surface area contributed by atoms with E-state index >= 15 is 0 Å². The Balaban J connectivity index is 1.71. The van der Waals surface area contributed by atoms with Crippen LogP contribution in [0.5, 0.6) is 0 Å². The van der Waals surface area contributed by atoms with Crippen molar-refractivity contribution in [2.75, 3.05) is 53.2 Å². The summed E-state index contributed by atoms with van der Waals surface area (Å²) in [6.07, 6.45) is 8.55. The van der Waals surface area contributed by atoms with Gasteiger partial charge in [-0.15, -0.1) is 0 Å². The van der Waals surface area contributed by atoms with Gasteiger partial charge in [-0.05, 0) is 18.9 Å². The van der Waals surface area contributed by atoms with Crippen molar-refractivity contribution in [2.24, 2.45) is 5.92 Å². The molecule has 114 valence electrons. The predicted octanol–water partition coefficient (Wildman–Crippen LogP) is 2.23. The molecule has 0 amide bonds. The van der Waals surface area contributed by atoms with E-state index in [0.29, 0.717) is 26.4 Å². The fourth-order valence-corrected chi connectivity index (χ4v) is 2.52. The van der Waals surface area contributed by atoms with E-state index in [2.05, 4.69) is 5.32 Å². The summed E-state index contributed by atoms with van der Waals surface area (Å²) < 4.78 is 15.7. The van der Waals surface area contributed by atoms with Gasteiger partial charge >= 0.3 is 0 Å². The van der Waals surface area contributed by atoms with Crippen molar-refractivity contribution in [1.29, 1.82) is 0 Å². The summed E-state index contributed by atoms with van der Waals surface area (Å²) in [5, 5.41) is 3.46. The maximum absolute atomic E-state index is 5.48. The van der Waals surface area contributed by atoms with Crippen molar-refractivity contribution in [1.82, 2.24) is 5.32 Å². The number of ether oxygens (including phenoxy) is 3. The standard InChI is InChI=1S/C15H31NO3/c1-17-11-12-19-14-13-18-10-9-16-8-7-15-5-3-2-4-6-15/h15-16H,2-14H2,1H3. The Labute approximate surface area is 118 Å². The van der Waals surface area contributed by atoms with Crippen molar-refractivity contribution >= 4 is 0 Å². The van der Waals surface area contributed by atoms with Crippen LogP contribution >= 0.6 is 0 Å². The molecule has 0 saturated heterocycles. The van der Waals surface area contributed by atoms with Crippen LogP contribution in [-0.2, 0) is 14.2 Å². The summed E-state index contributed by atoms with van der Waals surface area (Å²) in [4.78, 5) is 0. The first kappa shape index (κ1) is 16.9. The number of rotatable bonds is 12. The van der Waals surface area contributed by atoms with Crippen LogP contribution in [0.1, 0.15) is 38.5 Å². The molecule has 0 radical (unpaired) electrons. The molecule has 1 N–H and O–H groups in total. The van der Waals surface area contributed by atoms with Crippen molar-refractivity contribution < 1.29 is 14.2 Å². The third-order valence-electron chi connectivity index (χ3n) is 3.68. The lowest BCUT2D eigenvalue weighted by Gasteiger charge is -2.21. The summed E-state index contributed by atoms with van der Waals surface area (Å²) in [6, 6.07) is 0. The smallest absolute Gasteiger partial charge is 0.0701 e. The first-order valence-electron chi connectivity index (χ1n) is 7.78. The molecule has 19 heavy (non-hydrogen) atoms. The first-order chi connectivity index (χ1) is 9.43. The lowest BCUT2D eigenvalue weighted by molar-refractivity contribution is 0.0255. The Morgan fingerprint density at radius 2 is 1.53 bits per heavy atom. The molecule has 0 unspecified atom stereocenters. The molecule has 0 atom stereocenters. The van der Waals surface area contributed by atoms with Crippen molar-refractivity contribution in [3.63, 3.8) is 0 Å². The molecule has 0 heterocycles. The maximum Gasteiger partial charge on any atom is 0.0701 e. The largest absolute Gasteiger partial charge is 0.382 e. The van der Waals surface area contributed by atoms with Crippen LogP contribution in [0.3, 0.4) is 0 Å². The highest BCUT2D eigenvalue weighted by atomic mass is 16.5. The Morgan fingerprint density at radius 3 is 2.26 bits per heavy atom. The molecule has 0 aromatic rings. The summed E-state index contributed by atoms with van der Waals surface area (Å²) in [7, 11) is 1.68. The fraction of sp³-hybridized carbons (Fsp3) is 1.00. The highest BCUT2D eigenvalue weighted by Gasteiger charge is 2.12. The van der Waals surface area contributed by atoms with Crippen LogP contribution in [-0.4, -0.2) is 53.2 Å². The van der Waals surface area contributed by atoms with Gasteiger partial charge in [0.2, 0.25) is 0 Å². The summed E-state index contributed by atoms with van der Waals surface area (Å²) in [6.45, 7) is 5.50. The van der Waals surface area contributed by atoms with E-state index in [-0.39, 0.29) is 0 Å².